The van der Waals surface area contributed by atoms with Gasteiger partial charge in [0.1, 0.15) is 0 Å². The molecule has 0 saturated heterocycles. The first-order valence-electron chi connectivity index (χ1n) is 6.18. The van der Waals surface area contributed by atoms with Crippen LogP contribution < -0.4 is 5.73 Å². The van der Waals surface area contributed by atoms with Gasteiger partial charge in [-0.15, -0.1) is 0 Å². The number of hydrogen-bond acceptors (Lipinski definition) is 3. The third-order valence-electron chi connectivity index (χ3n) is 3.06. The molecule has 0 amide bonds. The van der Waals surface area contributed by atoms with E-state index in [-0.39, 0.29) is 12.0 Å². The number of carbonyl (C=O) groups excluding carboxylic acids is 1. The van der Waals surface area contributed by atoms with Gasteiger partial charge in [0.05, 0.1) is 12.7 Å². The molecule has 0 aromatic heterocycles. The quantitative estimate of drug-likeness (QED) is 0.855. The average Bonchev–Trinajstić information content (AvgIpc) is 2.47. The maximum absolute atomic E-state index is 11.3. The molecule has 3 heteroatoms. The number of nitrogens with two attached hydrogens (primary N) is 1. The first kappa shape index (κ1) is 13.3. The van der Waals surface area contributed by atoms with Crippen molar-refractivity contribution < 1.29 is 9.53 Å². The lowest BCUT2D eigenvalue weighted by molar-refractivity contribution is 0.0600. The minimum atomic E-state index is -0.330. The smallest absolute Gasteiger partial charge is 0.337 e. The summed E-state index contributed by atoms with van der Waals surface area (Å²) in [7, 11) is 1.37. The van der Waals surface area contributed by atoms with E-state index in [9.17, 15) is 4.79 Å². The molecular weight excluding hydrogens is 238 g/mol. The van der Waals surface area contributed by atoms with E-state index in [1.807, 2.05) is 30.3 Å². The van der Waals surface area contributed by atoms with Crippen molar-refractivity contribution in [2.75, 3.05) is 7.11 Å². The summed E-state index contributed by atoms with van der Waals surface area (Å²) in [5, 5.41) is 0. The molecule has 1 atom stereocenters. The van der Waals surface area contributed by atoms with Gasteiger partial charge in [-0.2, -0.15) is 0 Å². The lowest BCUT2D eigenvalue weighted by Gasteiger charge is -2.12. The van der Waals surface area contributed by atoms with Crippen molar-refractivity contribution in [2.24, 2.45) is 5.73 Å². The van der Waals surface area contributed by atoms with Crippen LogP contribution in [0.3, 0.4) is 0 Å². The van der Waals surface area contributed by atoms with Crippen molar-refractivity contribution >= 4 is 5.97 Å². The monoisotopic (exact) mass is 255 g/mol. The molecule has 2 aromatic carbocycles. The van der Waals surface area contributed by atoms with Gasteiger partial charge in [0, 0.05) is 6.04 Å². The zero-order valence-corrected chi connectivity index (χ0v) is 10.9. The van der Waals surface area contributed by atoms with E-state index < -0.39 is 0 Å². The largest absolute Gasteiger partial charge is 0.465 e. The van der Waals surface area contributed by atoms with Crippen molar-refractivity contribution in [2.45, 2.75) is 12.5 Å². The van der Waals surface area contributed by atoms with Crippen LogP contribution in [-0.4, -0.2) is 13.1 Å². The van der Waals surface area contributed by atoms with Gasteiger partial charge in [0.25, 0.3) is 0 Å². The highest BCUT2D eigenvalue weighted by Gasteiger charge is 2.09. The molecule has 0 bridgehead atoms. The average molecular weight is 255 g/mol. The fourth-order valence-electron chi connectivity index (χ4n) is 1.97. The Bertz CT molecular complexity index is 534. The van der Waals surface area contributed by atoms with Crippen molar-refractivity contribution in [3.63, 3.8) is 0 Å². The number of ether oxygens (including phenoxy) is 1. The van der Waals surface area contributed by atoms with Gasteiger partial charge in [-0.05, 0) is 29.7 Å². The van der Waals surface area contributed by atoms with Gasteiger partial charge < -0.3 is 10.5 Å². The van der Waals surface area contributed by atoms with Crippen LogP contribution in [0.4, 0.5) is 0 Å². The SMILES string of the molecule is COC(=O)c1ccc(C(N)Cc2ccccc2)cc1. The molecule has 2 aromatic rings. The Kier molecular flexibility index (Phi) is 4.31. The van der Waals surface area contributed by atoms with Crippen LogP contribution >= 0.6 is 0 Å². The Morgan fingerprint density at radius 3 is 2.32 bits per heavy atom. The third kappa shape index (κ3) is 3.42. The van der Waals surface area contributed by atoms with Gasteiger partial charge >= 0.3 is 5.97 Å². The second-order valence-electron chi connectivity index (χ2n) is 4.41. The summed E-state index contributed by atoms with van der Waals surface area (Å²) in [6.07, 6.45) is 0.776. The normalized spacial score (nSPS) is 11.9. The maximum Gasteiger partial charge on any atom is 0.337 e. The second kappa shape index (κ2) is 6.16. The summed E-state index contributed by atoms with van der Waals surface area (Å²) in [5.74, 6) is -0.330. The van der Waals surface area contributed by atoms with Gasteiger partial charge in [-0.25, -0.2) is 4.79 Å². The highest BCUT2D eigenvalue weighted by Crippen LogP contribution is 2.17. The van der Waals surface area contributed by atoms with E-state index >= 15 is 0 Å². The molecule has 3 nitrogen and oxygen atoms in total. The first-order valence-corrected chi connectivity index (χ1v) is 6.18. The Balaban J connectivity index is 2.07. The number of benzene rings is 2. The van der Waals surface area contributed by atoms with Crippen molar-refractivity contribution in [3.8, 4) is 0 Å². The lowest BCUT2D eigenvalue weighted by Crippen LogP contribution is -2.13. The standard InChI is InChI=1S/C16H17NO2/c1-19-16(18)14-9-7-13(8-10-14)15(17)11-12-5-3-2-4-6-12/h2-10,15H,11,17H2,1H3. The van der Waals surface area contributed by atoms with Crippen LogP contribution in [0.2, 0.25) is 0 Å². The molecule has 0 aliphatic heterocycles. The molecule has 0 fully saturated rings. The molecule has 0 radical (unpaired) electrons. The number of carbonyl (C=O) groups is 1. The molecule has 19 heavy (non-hydrogen) atoms. The van der Waals surface area contributed by atoms with E-state index in [0.29, 0.717) is 5.56 Å². The molecule has 1 unspecified atom stereocenters. The summed E-state index contributed by atoms with van der Waals surface area (Å²) in [5.41, 5.74) is 8.92. The molecular formula is C16H17NO2. The zero-order valence-electron chi connectivity index (χ0n) is 10.9. The fraction of sp³-hybridized carbons (Fsp3) is 0.188. The molecule has 0 aliphatic rings. The summed E-state index contributed by atoms with van der Waals surface area (Å²) < 4.78 is 4.66. The molecule has 0 aliphatic carbocycles. The summed E-state index contributed by atoms with van der Waals surface area (Å²) in [4.78, 5) is 11.3. The highest BCUT2D eigenvalue weighted by molar-refractivity contribution is 5.89. The lowest BCUT2D eigenvalue weighted by atomic mass is 9.99. The Hall–Kier alpha value is -2.13. The third-order valence-corrected chi connectivity index (χ3v) is 3.06. The minimum Gasteiger partial charge on any atom is -0.465 e. The van der Waals surface area contributed by atoms with Gasteiger partial charge in [0.2, 0.25) is 0 Å². The fourth-order valence-corrected chi connectivity index (χ4v) is 1.97. The number of hydrogen-bond donors (Lipinski definition) is 1. The van der Waals surface area contributed by atoms with Crippen LogP contribution in [0.25, 0.3) is 0 Å². The maximum atomic E-state index is 11.3. The van der Waals surface area contributed by atoms with Gasteiger partial charge in [-0.1, -0.05) is 42.5 Å². The van der Waals surface area contributed by atoms with Gasteiger partial charge in [0.15, 0.2) is 0 Å². The number of esters is 1. The van der Waals surface area contributed by atoms with Gasteiger partial charge in [-0.3, -0.25) is 0 Å². The van der Waals surface area contributed by atoms with Crippen LogP contribution in [-0.2, 0) is 11.2 Å². The minimum absolute atomic E-state index is 0.0749. The number of methoxy groups -OCH3 is 1. The first-order chi connectivity index (χ1) is 9.20. The van der Waals surface area contributed by atoms with Crippen LogP contribution in [0.15, 0.2) is 54.6 Å². The van der Waals surface area contributed by atoms with E-state index in [2.05, 4.69) is 16.9 Å². The Morgan fingerprint density at radius 1 is 1.11 bits per heavy atom. The van der Waals surface area contributed by atoms with E-state index in [1.165, 1.54) is 12.7 Å². The highest BCUT2D eigenvalue weighted by atomic mass is 16.5. The van der Waals surface area contributed by atoms with E-state index in [4.69, 9.17) is 5.73 Å². The summed E-state index contributed by atoms with van der Waals surface area (Å²) >= 11 is 0. The van der Waals surface area contributed by atoms with Crippen molar-refractivity contribution in [3.05, 3.63) is 71.3 Å². The summed E-state index contributed by atoms with van der Waals surface area (Å²) in [6.45, 7) is 0. The Morgan fingerprint density at radius 2 is 1.74 bits per heavy atom. The Labute approximate surface area is 113 Å². The summed E-state index contributed by atoms with van der Waals surface area (Å²) in [6, 6.07) is 17.3. The van der Waals surface area contributed by atoms with E-state index in [0.717, 1.165) is 12.0 Å². The van der Waals surface area contributed by atoms with E-state index in [1.54, 1.807) is 12.1 Å². The van der Waals surface area contributed by atoms with Crippen molar-refractivity contribution in [1.29, 1.82) is 0 Å². The zero-order chi connectivity index (χ0) is 13.7. The molecule has 0 saturated carbocycles. The second-order valence-corrected chi connectivity index (χ2v) is 4.41. The molecule has 98 valence electrons. The van der Waals surface area contributed by atoms with Crippen LogP contribution in [0.1, 0.15) is 27.5 Å². The predicted octanol–water partition coefficient (Wildman–Crippen LogP) is 2.72. The molecule has 2 N–H and O–H groups in total. The predicted molar refractivity (Wildman–Crippen MR) is 74.9 cm³/mol. The van der Waals surface area contributed by atoms with Crippen LogP contribution in [0, 0.1) is 0 Å². The number of rotatable bonds is 4. The molecule has 0 spiro atoms. The van der Waals surface area contributed by atoms with Crippen LogP contribution in [0.5, 0.6) is 0 Å². The van der Waals surface area contributed by atoms with Crippen molar-refractivity contribution in [1.82, 2.24) is 0 Å². The molecule has 2 rings (SSSR count). The topological polar surface area (TPSA) is 52.3 Å². The molecule has 0 heterocycles.